The van der Waals surface area contributed by atoms with E-state index >= 15 is 0 Å². The van der Waals surface area contributed by atoms with Crippen LogP contribution in [0.4, 0.5) is 0 Å². The molecule has 3 rings (SSSR count). The molecular weight excluding hydrogens is 192 g/mol. The van der Waals surface area contributed by atoms with Crippen LogP contribution in [-0.2, 0) is 0 Å². The summed E-state index contributed by atoms with van der Waals surface area (Å²) in [7, 11) is 0. The fraction of sp³-hybridized carbons (Fsp3) is 0.636. The van der Waals surface area contributed by atoms with Gasteiger partial charge in [-0.3, -0.25) is 0 Å². The molecule has 0 atom stereocenters. The number of piperidine rings is 1. The van der Waals surface area contributed by atoms with Gasteiger partial charge in [-0.15, -0.1) is 11.8 Å². The summed E-state index contributed by atoms with van der Waals surface area (Å²) in [6, 6.07) is 0. The van der Waals surface area contributed by atoms with Gasteiger partial charge >= 0.3 is 0 Å². The molecule has 2 saturated heterocycles. The van der Waals surface area contributed by atoms with Gasteiger partial charge in [-0.05, 0) is 37.9 Å². The van der Waals surface area contributed by atoms with Gasteiger partial charge in [0.1, 0.15) is 0 Å². The van der Waals surface area contributed by atoms with E-state index in [9.17, 15) is 0 Å². The van der Waals surface area contributed by atoms with Crippen molar-refractivity contribution in [3.8, 4) is 0 Å². The van der Waals surface area contributed by atoms with Crippen molar-refractivity contribution in [1.29, 1.82) is 0 Å². The van der Waals surface area contributed by atoms with Gasteiger partial charge in [0.25, 0.3) is 0 Å². The summed E-state index contributed by atoms with van der Waals surface area (Å²) in [5, 5.41) is 3.41. The molecule has 0 aromatic rings. The van der Waals surface area contributed by atoms with Gasteiger partial charge in [0.2, 0.25) is 0 Å². The van der Waals surface area contributed by atoms with Crippen LogP contribution in [0.5, 0.6) is 0 Å². The highest BCUT2D eigenvalue weighted by Crippen LogP contribution is 2.52. The molecule has 0 saturated carbocycles. The van der Waals surface area contributed by atoms with E-state index < -0.39 is 0 Å². The molecule has 0 aromatic heterocycles. The highest BCUT2D eigenvalue weighted by Gasteiger charge is 2.41. The molecule has 0 radical (unpaired) electrons. The topological polar surface area (TPSA) is 38.0 Å². The van der Waals surface area contributed by atoms with Crippen LogP contribution in [0.3, 0.4) is 0 Å². The second-order valence-electron chi connectivity index (χ2n) is 4.41. The van der Waals surface area contributed by atoms with Crippen LogP contribution < -0.4 is 11.1 Å². The molecule has 3 heteroatoms. The molecule has 3 aliphatic rings. The zero-order valence-electron chi connectivity index (χ0n) is 8.31. The number of nitrogens with one attached hydrogen (secondary N) is 1. The lowest BCUT2D eigenvalue weighted by molar-refractivity contribution is 0.324. The highest BCUT2D eigenvalue weighted by molar-refractivity contribution is 8.03. The first-order valence-electron chi connectivity index (χ1n) is 5.38. The Morgan fingerprint density at radius 2 is 2.14 bits per heavy atom. The highest BCUT2D eigenvalue weighted by atomic mass is 32.2. The van der Waals surface area contributed by atoms with Crippen molar-refractivity contribution in [2.45, 2.75) is 19.3 Å². The van der Waals surface area contributed by atoms with Gasteiger partial charge in [0.15, 0.2) is 0 Å². The van der Waals surface area contributed by atoms with Crippen LogP contribution in [0.1, 0.15) is 19.3 Å². The number of fused-ring (bicyclic) bond motifs is 1. The SMILES string of the molecule is NC1=C2CCSC2=CC12CCNCC2. The van der Waals surface area contributed by atoms with Gasteiger partial charge < -0.3 is 11.1 Å². The number of rotatable bonds is 0. The molecule has 1 spiro atoms. The molecule has 2 fully saturated rings. The van der Waals surface area contributed by atoms with Crippen LogP contribution in [-0.4, -0.2) is 18.8 Å². The second-order valence-corrected chi connectivity index (χ2v) is 5.54. The smallest absolute Gasteiger partial charge is 0.0319 e. The largest absolute Gasteiger partial charge is 0.401 e. The van der Waals surface area contributed by atoms with Crippen molar-refractivity contribution >= 4 is 11.8 Å². The molecule has 2 nitrogen and oxygen atoms in total. The molecule has 0 bridgehead atoms. The quantitative estimate of drug-likeness (QED) is 0.635. The number of thioether (sulfide) groups is 1. The van der Waals surface area contributed by atoms with Crippen molar-refractivity contribution in [2.24, 2.45) is 11.1 Å². The molecule has 0 unspecified atom stereocenters. The fourth-order valence-corrected chi connectivity index (χ4v) is 4.01. The summed E-state index contributed by atoms with van der Waals surface area (Å²) in [4.78, 5) is 1.49. The fourth-order valence-electron chi connectivity index (χ4n) is 2.79. The summed E-state index contributed by atoms with van der Waals surface area (Å²) >= 11 is 1.99. The first kappa shape index (κ1) is 8.86. The van der Waals surface area contributed by atoms with Crippen LogP contribution in [0.15, 0.2) is 22.3 Å². The minimum atomic E-state index is 0.239. The molecule has 76 valence electrons. The number of hydrogen-bond donors (Lipinski definition) is 2. The molecule has 2 aliphatic heterocycles. The van der Waals surface area contributed by atoms with E-state index in [1.54, 1.807) is 0 Å². The van der Waals surface area contributed by atoms with Gasteiger partial charge in [-0.25, -0.2) is 0 Å². The van der Waals surface area contributed by atoms with E-state index in [2.05, 4.69) is 11.4 Å². The van der Waals surface area contributed by atoms with E-state index in [1.807, 2.05) is 11.8 Å². The lowest BCUT2D eigenvalue weighted by Gasteiger charge is -2.33. The summed E-state index contributed by atoms with van der Waals surface area (Å²) in [6.45, 7) is 2.23. The minimum Gasteiger partial charge on any atom is -0.401 e. The maximum Gasteiger partial charge on any atom is 0.0319 e. The number of nitrogens with two attached hydrogens (primary N) is 1. The zero-order valence-corrected chi connectivity index (χ0v) is 9.12. The summed E-state index contributed by atoms with van der Waals surface area (Å²) in [6.07, 6.45) is 6.02. The molecule has 0 aromatic carbocycles. The Morgan fingerprint density at radius 1 is 1.36 bits per heavy atom. The Bertz CT molecular complexity index is 324. The van der Waals surface area contributed by atoms with E-state index in [4.69, 9.17) is 5.73 Å². The molecule has 14 heavy (non-hydrogen) atoms. The first-order valence-corrected chi connectivity index (χ1v) is 6.36. The minimum absolute atomic E-state index is 0.239. The van der Waals surface area contributed by atoms with Gasteiger partial charge in [-0.2, -0.15) is 0 Å². The maximum atomic E-state index is 6.32. The van der Waals surface area contributed by atoms with Crippen LogP contribution in [0.25, 0.3) is 0 Å². The summed E-state index contributed by atoms with van der Waals surface area (Å²) < 4.78 is 0. The van der Waals surface area contributed by atoms with E-state index in [0.29, 0.717) is 0 Å². The predicted molar refractivity (Wildman–Crippen MR) is 60.9 cm³/mol. The normalized spacial score (nSPS) is 29.6. The average Bonchev–Trinajstić information content (AvgIpc) is 2.73. The van der Waals surface area contributed by atoms with Crippen LogP contribution >= 0.6 is 11.8 Å². The van der Waals surface area contributed by atoms with E-state index in [-0.39, 0.29) is 5.41 Å². The Hall–Kier alpha value is -0.410. The van der Waals surface area contributed by atoms with Crippen LogP contribution in [0, 0.1) is 5.41 Å². The van der Waals surface area contributed by atoms with E-state index in [1.165, 1.54) is 41.2 Å². The standard InChI is InChI=1S/C11H16N2S/c12-10-8-1-6-14-9(8)7-11(10)2-4-13-5-3-11/h7,13H,1-6,12H2. The van der Waals surface area contributed by atoms with Crippen molar-refractivity contribution in [3.63, 3.8) is 0 Å². The maximum absolute atomic E-state index is 6.32. The van der Waals surface area contributed by atoms with Crippen molar-refractivity contribution < 1.29 is 0 Å². The monoisotopic (exact) mass is 208 g/mol. The van der Waals surface area contributed by atoms with Crippen molar-refractivity contribution in [1.82, 2.24) is 5.32 Å². The zero-order chi connectivity index (χ0) is 9.60. The lowest BCUT2D eigenvalue weighted by Crippen LogP contribution is -2.38. The second kappa shape index (κ2) is 3.04. The summed E-state index contributed by atoms with van der Waals surface area (Å²) in [5.74, 6) is 1.23. The van der Waals surface area contributed by atoms with Gasteiger partial charge in [-0.1, -0.05) is 6.08 Å². The molecule has 2 heterocycles. The molecule has 1 aliphatic carbocycles. The Labute approximate surface area is 89.0 Å². The number of allylic oxidation sites excluding steroid dienone is 2. The third-order valence-corrected chi connectivity index (χ3v) is 4.76. The number of hydrogen-bond acceptors (Lipinski definition) is 3. The average molecular weight is 208 g/mol. The third-order valence-electron chi connectivity index (χ3n) is 3.67. The lowest BCUT2D eigenvalue weighted by atomic mass is 9.78. The molecule has 0 amide bonds. The summed E-state index contributed by atoms with van der Waals surface area (Å²) in [5.41, 5.74) is 9.22. The van der Waals surface area contributed by atoms with Crippen molar-refractivity contribution in [2.75, 3.05) is 18.8 Å². The Kier molecular flexibility index (Phi) is 1.92. The van der Waals surface area contributed by atoms with Crippen molar-refractivity contribution in [3.05, 3.63) is 22.3 Å². The molecular formula is C11H16N2S. The van der Waals surface area contributed by atoms with E-state index in [0.717, 1.165) is 13.1 Å². The van der Waals surface area contributed by atoms with Crippen LogP contribution in [0.2, 0.25) is 0 Å². The predicted octanol–water partition coefficient (Wildman–Crippen LogP) is 1.60. The molecule has 3 N–H and O–H groups in total. The Balaban J connectivity index is 2.00. The Morgan fingerprint density at radius 3 is 2.86 bits per heavy atom. The van der Waals surface area contributed by atoms with Gasteiger partial charge in [0.05, 0.1) is 0 Å². The first-order chi connectivity index (χ1) is 6.82. The van der Waals surface area contributed by atoms with Gasteiger partial charge in [0, 0.05) is 21.8 Å². The third kappa shape index (κ3) is 1.09.